The maximum Gasteiger partial charge on any atom is 0.154 e. The zero-order valence-electron chi connectivity index (χ0n) is 14.5. The molecule has 0 saturated heterocycles. The molecule has 7 heteroatoms. The molecule has 0 unspecified atom stereocenters. The maximum atomic E-state index is 4.70. The summed E-state index contributed by atoms with van der Waals surface area (Å²) in [6.07, 6.45) is 8.68. The predicted octanol–water partition coefficient (Wildman–Crippen LogP) is 2.32. The maximum absolute atomic E-state index is 4.70. The van der Waals surface area contributed by atoms with Crippen LogP contribution >= 0.6 is 0 Å². The van der Waals surface area contributed by atoms with Gasteiger partial charge in [0, 0.05) is 32.1 Å². The van der Waals surface area contributed by atoms with Gasteiger partial charge in [0.05, 0.1) is 23.3 Å². The molecule has 0 bridgehead atoms. The fraction of sp³-hybridized carbons (Fsp3) is 0.278. The van der Waals surface area contributed by atoms with Crippen LogP contribution in [0.25, 0.3) is 17.0 Å². The molecule has 4 aromatic rings. The zero-order chi connectivity index (χ0) is 17.4. The Hall–Kier alpha value is -3.09. The number of fused-ring (bicyclic) bond motifs is 1. The van der Waals surface area contributed by atoms with E-state index in [0.29, 0.717) is 0 Å². The Kier molecular flexibility index (Phi) is 3.76. The van der Waals surface area contributed by atoms with Crippen molar-refractivity contribution in [1.82, 2.24) is 34.1 Å². The van der Waals surface area contributed by atoms with E-state index in [1.165, 1.54) is 0 Å². The Bertz CT molecular complexity index is 1030. The average molecular weight is 333 g/mol. The summed E-state index contributed by atoms with van der Waals surface area (Å²) in [7, 11) is 2.00. The molecule has 4 aromatic heterocycles. The first-order chi connectivity index (χ1) is 12.1. The summed E-state index contributed by atoms with van der Waals surface area (Å²) >= 11 is 0. The third-order valence-electron chi connectivity index (χ3n) is 4.40. The van der Waals surface area contributed by atoms with E-state index < -0.39 is 0 Å². The molecule has 4 heterocycles. The molecular weight excluding hydrogens is 314 g/mol. The Balaban J connectivity index is 1.55. The van der Waals surface area contributed by atoms with Crippen molar-refractivity contribution in [3.05, 3.63) is 59.8 Å². The molecule has 0 aliphatic heterocycles. The number of hydrogen-bond acceptors (Lipinski definition) is 5. The van der Waals surface area contributed by atoms with Crippen molar-refractivity contribution >= 4 is 5.65 Å². The fourth-order valence-corrected chi connectivity index (χ4v) is 2.86. The van der Waals surface area contributed by atoms with E-state index in [4.69, 9.17) is 10.1 Å². The largest absolute Gasteiger partial charge is 0.337 e. The van der Waals surface area contributed by atoms with Gasteiger partial charge in [-0.2, -0.15) is 5.10 Å². The van der Waals surface area contributed by atoms with Crippen molar-refractivity contribution in [2.75, 3.05) is 0 Å². The molecule has 0 atom stereocenters. The van der Waals surface area contributed by atoms with Gasteiger partial charge in [0.15, 0.2) is 5.65 Å². The van der Waals surface area contributed by atoms with Crippen LogP contribution in [-0.2, 0) is 19.9 Å². The van der Waals surface area contributed by atoms with E-state index in [9.17, 15) is 0 Å². The number of aromatic nitrogens is 7. The number of imidazole rings is 2. The van der Waals surface area contributed by atoms with E-state index in [2.05, 4.69) is 15.0 Å². The Morgan fingerprint density at radius 3 is 2.68 bits per heavy atom. The minimum atomic E-state index is 0.786. The van der Waals surface area contributed by atoms with Crippen LogP contribution in [0.4, 0.5) is 0 Å². The summed E-state index contributed by atoms with van der Waals surface area (Å²) in [4.78, 5) is 17.6. The van der Waals surface area contributed by atoms with Crippen LogP contribution in [0.5, 0.6) is 0 Å². The molecule has 25 heavy (non-hydrogen) atoms. The second kappa shape index (κ2) is 6.08. The van der Waals surface area contributed by atoms with Crippen LogP contribution in [-0.4, -0.2) is 34.1 Å². The lowest BCUT2D eigenvalue weighted by Gasteiger charge is -2.03. The molecule has 0 N–H and O–H groups in total. The van der Waals surface area contributed by atoms with Gasteiger partial charge in [0.25, 0.3) is 0 Å². The molecule has 126 valence electrons. The van der Waals surface area contributed by atoms with Gasteiger partial charge >= 0.3 is 0 Å². The van der Waals surface area contributed by atoms with Crippen molar-refractivity contribution in [1.29, 1.82) is 0 Å². The van der Waals surface area contributed by atoms with Crippen LogP contribution < -0.4 is 0 Å². The summed E-state index contributed by atoms with van der Waals surface area (Å²) in [5.41, 5.74) is 5.64. The highest BCUT2D eigenvalue weighted by Gasteiger charge is 2.10. The third-order valence-corrected chi connectivity index (χ3v) is 4.40. The Morgan fingerprint density at radius 1 is 1.00 bits per heavy atom. The molecule has 0 radical (unpaired) electrons. The summed E-state index contributed by atoms with van der Waals surface area (Å²) in [6, 6.07) is 4.06. The smallest absolute Gasteiger partial charge is 0.154 e. The highest BCUT2D eigenvalue weighted by atomic mass is 15.3. The molecule has 7 nitrogen and oxygen atoms in total. The molecule has 0 aliphatic rings. The predicted molar refractivity (Wildman–Crippen MR) is 94.1 cm³/mol. The van der Waals surface area contributed by atoms with Gasteiger partial charge in [0.1, 0.15) is 17.2 Å². The van der Waals surface area contributed by atoms with Gasteiger partial charge in [-0.15, -0.1) is 0 Å². The molecule has 0 aromatic carbocycles. The SMILES string of the molecule is Cc1nc2ccc(CCc3nc(-c4cnccn4)cn3C)nn2c1C. The normalized spacial score (nSPS) is 11.3. The van der Waals surface area contributed by atoms with Crippen molar-refractivity contribution < 1.29 is 0 Å². The van der Waals surface area contributed by atoms with E-state index in [1.807, 2.05) is 48.3 Å². The van der Waals surface area contributed by atoms with Gasteiger partial charge < -0.3 is 4.57 Å². The first-order valence-corrected chi connectivity index (χ1v) is 8.22. The van der Waals surface area contributed by atoms with E-state index in [-0.39, 0.29) is 0 Å². The molecule has 0 amide bonds. The van der Waals surface area contributed by atoms with E-state index in [0.717, 1.165) is 52.8 Å². The van der Waals surface area contributed by atoms with Crippen molar-refractivity contribution in [3.63, 3.8) is 0 Å². The second-order valence-corrected chi connectivity index (χ2v) is 6.12. The lowest BCUT2D eigenvalue weighted by molar-refractivity contribution is 0.741. The molecular formula is C18H19N7. The summed E-state index contributed by atoms with van der Waals surface area (Å²) in [5.74, 6) is 1.00. The highest BCUT2D eigenvalue weighted by Crippen LogP contribution is 2.16. The van der Waals surface area contributed by atoms with Gasteiger partial charge in [-0.3, -0.25) is 9.97 Å². The second-order valence-electron chi connectivity index (χ2n) is 6.12. The quantitative estimate of drug-likeness (QED) is 0.573. The van der Waals surface area contributed by atoms with Gasteiger partial charge in [-0.1, -0.05) is 0 Å². The van der Waals surface area contributed by atoms with Crippen LogP contribution in [0, 0.1) is 13.8 Å². The molecule has 0 spiro atoms. The van der Waals surface area contributed by atoms with E-state index in [1.54, 1.807) is 18.6 Å². The zero-order valence-corrected chi connectivity index (χ0v) is 14.5. The molecule has 0 saturated carbocycles. The minimum absolute atomic E-state index is 0.786. The van der Waals surface area contributed by atoms with Crippen LogP contribution in [0.1, 0.15) is 22.9 Å². The standard InChI is InChI=1S/C18H19N7/c1-12-13(2)25-18(21-12)7-5-14(23-25)4-6-17-22-16(11-24(17)3)15-10-19-8-9-20-15/h5,7-11H,4,6H2,1-3H3. The summed E-state index contributed by atoms with van der Waals surface area (Å²) in [5, 5.41) is 4.70. The summed E-state index contributed by atoms with van der Waals surface area (Å²) in [6.45, 7) is 4.05. The molecule has 0 aliphatic carbocycles. The van der Waals surface area contributed by atoms with Gasteiger partial charge in [0.2, 0.25) is 0 Å². The first kappa shape index (κ1) is 15.4. The van der Waals surface area contributed by atoms with Crippen LogP contribution in [0.15, 0.2) is 36.9 Å². The average Bonchev–Trinajstić information content (AvgIpc) is 3.14. The van der Waals surface area contributed by atoms with E-state index >= 15 is 0 Å². The lowest BCUT2D eigenvalue weighted by atomic mass is 10.2. The first-order valence-electron chi connectivity index (χ1n) is 8.22. The topological polar surface area (TPSA) is 73.8 Å². The fourth-order valence-electron chi connectivity index (χ4n) is 2.86. The Morgan fingerprint density at radius 2 is 1.88 bits per heavy atom. The van der Waals surface area contributed by atoms with Crippen LogP contribution in [0.2, 0.25) is 0 Å². The van der Waals surface area contributed by atoms with Crippen molar-refractivity contribution in [2.45, 2.75) is 26.7 Å². The highest BCUT2D eigenvalue weighted by molar-refractivity contribution is 5.51. The molecule has 4 rings (SSSR count). The van der Waals surface area contributed by atoms with Gasteiger partial charge in [-0.05, 0) is 32.4 Å². The summed E-state index contributed by atoms with van der Waals surface area (Å²) < 4.78 is 3.95. The number of hydrogen-bond donors (Lipinski definition) is 0. The minimum Gasteiger partial charge on any atom is -0.337 e. The van der Waals surface area contributed by atoms with Crippen molar-refractivity contribution in [3.8, 4) is 11.4 Å². The van der Waals surface area contributed by atoms with Crippen LogP contribution in [0.3, 0.4) is 0 Å². The third kappa shape index (κ3) is 2.88. The Labute approximate surface area is 145 Å². The lowest BCUT2D eigenvalue weighted by Crippen LogP contribution is -2.04. The van der Waals surface area contributed by atoms with Crippen molar-refractivity contribution in [2.24, 2.45) is 7.05 Å². The number of aryl methyl sites for hydroxylation is 5. The number of nitrogens with zero attached hydrogens (tertiary/aromatic N) is 7. The monoisotopic (exact) mass is 333 g/mol. The molecule has 0 fully saturated rings. The number of rotatable bonds is 4. The van der Waals surface area contributed by atoms with Gasteiger partial charge in [-0.25, -0.2) is 14.5 Å².